The smallest absolute Gasteiger partial charge is 0.411 e. The van der Waals surface area contributed by atoms with Crippen molar-refractivity contribution in [2.75, 3.05) is 13.2 Å². The molecule has 5 heterocycles. The summed E-state index contributed by atoms with van der Waals surface area (Å²) in [5, 5.41) is 9.76. The lowest BCUT2D eigenvalue weighted by atomic mass is 10.0. The van der Waals surface area contributed by atoms with Gasteiger partial charge in [-0.05, 0) is 62.7 Å². The van der Waals surface area contributed by atoms with Crippen LogP contribution < -0.4 is 4.74 Å². The fourth-order valence-electron chi connectivity index (χ4n) is 4.80. The highest BCUT2D eigenvalue weighted by molar-refractivity contribution is 6.74. The van der Waals surface area contributed by atoms with Gasteiger partial charge < -0.3 is 13.9 Å². The second-order valence-electron chi connectivity index (χ2n) is 13.7. The number of halogens is 3. The number of hydrogen-bond acceptors (Lipinski definition) is 7. The third-order valence-corrected chi connectivity index (χ3v) is 13.3. The van der Waals surface area contributed by atoms with Gasteiger partial charge in [0.05, 0.1) is 47.5 Å². The summed E-state index contributed by atoms with van der Waals surface area (Å²) in [5.41, 5.74) is 1.79. The van der Waals surface area contributed by atoms with E-state index in [1.54, 1.807) is 32.6 Å². The topological polar surface area (TPSA) is 96.0 Å². The molecule has 0 spiro atoms. The van der Waals surface area contributed by atoms with Gasteiger partial charge in [-0.15, -0.1) is 5.10 Å². The first-order valence-corrected chi connectivity index (χ1v) is 18.4. The standard InChI is InChI=1S/C31H39Cl2FN6O4Si/c1-30(2,3)44-29(41)38-13-14-39-27(21(32)16-36-39)26(38)19-9-12-23-25(33)28(37-40(23)17-19)43-24(22-11-10-20(34)15-35-22)18-42-45(7,8)31(4,5)6/h9-12,15-17,24,26H,13-14,18H2,1-8H3. The molecule has 4 aromatic heterocycles. The number of aromatic nitrogens is 5. The Morgan fingerprint density at radius 1 is 1.09 bits per heavy atom. The quantitative estimate of drug-likeness (QED) is 0.184. The molecule has 0 saturated heterocycles. The Kier molecular flexibility index (Phi) is 8.99. The number of pyridine rings is 2. The number of hydrogen-bond donors (Lipinski definition) is 0. The summed E-state index contributed by atoms with van der Waals surface area (Å²) in [6, 6.07) is 5.99. The molecule has 4 aromatic rings. The minimum absolute atomic E-state index is 0.0323. The van der Waals surface area contributed by atoms with E-state index in [2.05, 4.69) is 49.0 Å². The Morgan fingerprint density at radius 2 is 1.82 bits per heavy atom. The maximum Gasteiger partial charge on any atom is 0.411 e. The van der Waals surface area contributed by atoms with Crippen LogP contribution in [-0.2, 0) is 15.7 Å². The predicted octanol–water partition coefficient (Wildman–Crippen LogP) is 7.85. The van der Waals surface area contributed by atoms with Crippen LogP contribution in [0, 0.1) is 5.82 Å². The van der Waals surface area contributed by atoms with Gasteiger partial charge in [-0.3, -0.25) is 14.6 Å². The van der Waals surface area contributed by atoms with E-state index in [0.717, 1.165) is 11.8 Å². The minimum Gasteiger partial charge on any atom is -0.463 e. The van der Waals surface area contributed by atoms with Crippen LogP contribution in [0.4, 0.5) is 9.18 Å². The Labute approximate surface area is 273 Å². The monoisotopic (exact) mass is 676 g/mol. The van der Waals surface area contributed by atoms with E-state index in [0.29, 0.717) is 35.0 Å². The predicted molar refractivity (Wildman–Crippen MR) is 173 cm³/mol. The van der Waals surface area contributed by atoms with Crippen LogP contribution in [0.2, 0.25) is 28.2 Å². The fraction of sp³-hybridized carbons (Fsp3) is 0.484. The molecule has 5 rings (SSSR count). The van der Waals surface area contributed by atoms with Gasteiger partial charge >= 0.3 is 6.09 Å². The number of ether oxygens (including phenoxy) is 2. The van der Waals surface area contributed by atoms with E-state index >= 15 is 0 Å². The Balaban J connectivity index is 1.50. The van der Waals surface area contributed by atoms with Crippen LogP contribution in [0.3, 0.4) is 0 Å². The zero-order valence-electron chi connectivity index (χ0n) is 26.8. The molecule has 0 bridgehead atoms. The van der Waals surface area contributed by atoms with Crippen LogP contribution in [-0.4, -0.2) is 62.4 Å². The van der Waals surface area contributed by atoms with Gasteiger partial charge in [-0.1, -0.05) is 50.0 Å². The third-order valence-electron chi connectivity index (χ3n) is 8.20. The highest BCUT2D eigenvalue weighted by Gasteiger charge is 2.39. The molecule has 1 aliphatic rings. The summed E-state index contributed by atoms with van der Waals surface area (Å²) in [7, 11) is -2.16. The van der Waals surface area contributed by atoms with Crippen molar-refractivity contribution in [1.82, 2.24) is 29.3 Å². The van der Waals surface area contributed by atoms with Crippen molar-refractivity contribution in [3.63, 3.8) is 0 Å². The molecule has 0 fully saturated rings. The summed E-state index contributed by atoms with van der Waals surface area (Å²) < 4.78 is 35.7. The number of rotatable bonds is 7. The lowest BCUT2D eigenvalue weighted by Crippen LogP contribution is -2.45. The Morgan fingerprint density at radius 3 is 2.47 bits per heavy atom. The molecule has 0 aromatic carbocycles. The van der Waals surface area contributed by atoms with Gasteiger partial charge in [0.1, 0.15) is 22.5 Å². The first-order valence-electron chi connectivity index (χ1n) is 14.8. The maximum atomic E-state index is 13.7. The van der Waals surface area contributed by atoms with E-state index < -0.39 is 38.0 Å². The van der Waals surface area contributed by atoms with Crippen LogP contribution in [0.25, 0.3) is 5.52 Å². The van der Waals surface area contributed by atoms with E-state index in [9.17, 15) is 9.18 Å². The molecule has 1 amide bonds. The van der Waals surface area contributed by atoms with Crippen molar-refractivity contribution >= 4 is 43.1 Å². The average Bonchev–Trinajstić information content (AvgIpc) is 3.48. The van der Waals surface area contributed by atoms with Gasteiger partial charge in [-0.2, -0.15) is 5.10 Å². The van der Waals surface area contributed by atoms with Gasteiger partial charge in [0.25, 0.3) is 5.88 Å². The highest BCUT2D eigenvalue weighted by Crippen LogP contribution is 2.40. The van der Waals surface area contributed by atoms with Crippen LogP contribution in [0.1, 0.15) is 70.6 Å². The molecular weight excluding hydrogens is 638 g/mol. The molecule has 10 nitrogen and oxygen atoms in total. The molecule has 14 heteroatoms. The molecular formula is C31H39Cl2FN6O4Si. The normalized spacial score (nSPS) is 16.5. The van der Waals surface area contributed by atoms with Crippen molar-refractivity contribution in [2.24, 2.45) is 0 Å². The van der Waals surface area contributed by atoms with E-state index in [1.165, 1.54) is 6.07 Å². The zero-order chi connectivity index (χ0) is 32.9. The molecule has 2 unspecified atom stereocenters. The Bertz CT molecular complexity index is 1700. The number of carbonyl (C=O) groups excluding carboxylic acids is 1. The van der Waals surface area contributed by atoms with Crippen molar-refractivity contribution in [1.29, 1.82) is 0 Å². The summed E-state index contributed by atoms with van der Waals surface area (Å²) in [4.78, 5) is 19.3. The molecule has 1 aliphatic heterocycles. The lowest BCUT2D eigenvalue weighted by molar-refractivity contribution is 0.0141. The van der Waals surface area contributed by atoms with Crippen molar-refractivity contribution in [3.8, 4) is 5.88 Å². The highest BCUT2D eigenvalue weighted by atomic mass is 35.5. The molecule has 0 N–H and O–H groups in total. The molecule has 242 valence electrons. The van der Waals surface area contributed by atoms with Crippen molar-refractivity contribution < 1.29 is 23.1 Å². The van der Waals surface area contributed by atoms with Gasteiger partial charge in [0.2, 0.25) is 0 Å². The van der Waals surface area contributed by atoms with Crippen molar-refractivity contribution in [3.05, 3.63) is 75.7 Å². The number of nitrogens with zero attached hydrogens (tertiary/aromatic N) is 6. The lowest BCUT2D eigenvalue weighted by Gasteiger charge is -2.37. The number of carbonyl (C=O) groups is 1. The second-order valence-corrected chi connectivity index (χ2v) is 19.3. The van der Waals surface area contributed by atoms with E-state index in [1.807, 2.05) is 32.9 Å². The SMILES string of the molecule is CC(C)(C)OC(=O)N1CCn2ncc(Cl)c2C1c1ccc2c(Cl)c(OC(CO[Si](C)(C)C(C)(C)C)c3ccc(F)cn3)nn2c1. The number of fused-ring (bicyclic) bond motifs is 2. The summed E-state index contributed by atoms with van der Waals surface area (Å²) in [6.07, 6.45) is 3.34. The maximum absolute atomic E-state index is 13.7. The molecule has 0 saturated carbocycles. The molecule has 0 aliphatic carbocycles. The summed E-state index contributed by atoms with van der Waals surface area (Å²) in [5.74, 6) is -0.287. The molecule has 2 atom stereocenters. The fourth-order valence-corrected chi connectivity index (χ4v) is 6.28. The van der Waals surface area contributed by atoms with Gasteiger partial charge in [-0.25, -0.2) is 13.7 Å². The van der Waals surface area contributed by atoms with Crippen LogP contribution in [0.5, 0.6) is 5.88 Å². The van der Waals surface area contributed by atoms with Gasteiger partial charge in [0, 0.05) is 12.7 Å². The third kappa shape index (κ3) is 6.98. The zero-order valence-corrected chi connectivity index (χ0v) is 29.3. The second kappa shape index (κ2) is 12.2. The summed E-state index contributed by atoms with van der Waals surface area (Å²) in [6.45, 7) is 17.2. The average molecular weight is 678 g/mol. The minimum atomic E-state index is -2.16. The van der Waals surface area contributed by atoms with E-state index in [4.69, 9.17) is 37.1 Å². The van der Waals surface area contributed by atoms with Crippen LogP contribution >= 0.6 is 23.2 Å². The van der Waals surface area contributed by atoms with Gasteiger partial charge in [0.15, 0.2) is 14.4 Å². The first-order chi connectivity index (χ1) is 20.9. The molecule has 0 radical (unpaired) electrons. The Hall–Kier alpha value is -3.19. The molecule has 45 heavy (non-hydrogen) atoms. The number of amides is 1. The van der Waals surface area contributed by atoms with Crippen LogP contribution in [0.15, 0.2) is 42.9 Å². The summed E-state index contributed by atoms with van der Waals surface area (Å²) >= 11 is 13.4. The largest absolute Gasteiger partial charge is 0.463 e. The van der Waals surface area contributed by atoms with Crippen molar-refractivity contribution in [2.45, 2.75) is 84.0 Å². The van der Waals surface area contributed by atoms with E-state index in [-0.39, 0.29) is 22.5 Å². The first kappa shape index (κ1) is 33.2.